The summed E-state index contributed by atoms with van der Waals surface area (Å²) >= 11 is 6.96. The summed E-state index contributed by atoms with van der Waals surface area (Å²) in [5.41, 5.74) is 2.28. The number of nitrogens with one attached hydrogen (secondary N) is 1. The quantitative estimate of drug-likeness (QED) is 0.0937. The topological polar surface area (TPSA) is 129 Å². The molecule has 0 saturated heterocycles. The average Bonchev–Trinajstić information content (AvgIpc) is 3.58. The third kappa shape index (κ3) is 8.24. The maximum atomic E-state index is 14.0. The molecule has 0 saturated carbocycles. The van der Waals surface area contributed by atoms with E-state index in [9.17, 15) is 24.3 Å². The van der Waals surface area contributed by atoms with Crippen molar-refractivity contribution in [3.8, 4) is 11.3 Å². The van der Waals surface area contributed by atoms with E-state index in [0.717, 1.165) is 22.9 Å². The Labute approximate surface area is 292 Å². The van der Waals surface area contributed by atoms with Crippen LogP contribution in [-0.4, -0.2) is 44.6 Å². The van der Waals surface area contributed by atoms with Gasteiger partial charge in [0, 0.05) is 11.3 Å². The zero-order valence-corrected chi connectivity index (χ0v) is 27.8. The summed E-state index contributed by atoms with van der Waals surface area (Å²) < 4.78 is 5.86. The average molecular weight is 692 g/mol. The number of hydrogen-bond acceptors (Lipinski definition) is 6. The summed E-state index contributed by atoms with van der Waals surface area (Å²) in [7, 11) is 0. The number of carbonyl (C=O) groups is 4. The Morgan fingerprint density at radius 1 is 1.02 bits per heavy atom. The molecule has 11 heteroatoms. The maximum absolute atomic E-state index is 14.0. The SMILES string of the molecule is C=C/C=C\C(=C/C)N1C(=O)/C(=C\c2ccc(-c3ccc(Cl)c(C(=O)O)c3)o2)C(=O)N=C1SCC(=O)NC(c1ccccc1)c1ccccc1. The summed E-state index contributed by atoms with van der Waals surface area (Å²) in [6, 6.07) is 26.2. The summed E-state index contributed by atoms with van der Waals surface area (Å²) in [5, 5.41) is 12.6. The molecule has 2 heterocycles. The van der Waals surface area contributed by atoms with Crippen LogP contribution >= 0.6 is 23.4 Å². The molecule has 0 unspecified atom stereocenters. The number of halogens is 1. The van der Waals surface area contributed by atoms with Gasteiger partial charge in [-0.3, -0.25) is 19.3 Å². The van der Waals surface area contributed by atoms with E-state index < -0.39 is 23.8 Å². The molecule has 246 valence electrons. The fraction of sp³-hybridized carbons (Fsp3) is 0.0789. The zero-order valence-electron chi connectivity index (χ0n) is 26.2. The monoisotopic (exact) mass is 691 g/mol. The second-order valence-electron chi connectivity index (χ2n) is 10.5. The lowest BCUT2D eigenvalue weighted by atomic mass is 9.99. The minimum atomic E-state index is -1.19. The first-order valence-electron chi connectivity index (χ1n) is 15.0. The molecular formula is C38H30ClN3O6S. The van der Waals surface area contributed by atoms with Crippen LogP contribution in [0.25, 0.3) is 17.4 Å². The van der Waals surface area contributed by atoms with Crippen LogP contribution in [-0.2, 0) is 14.4 Å². The van der Waals surface area contributed by atoms with E-state index in [2.05, 4.69) is 16.9 Å². The highest BCUT2D eigenvalue weighted by molar-refractivity contribution is 8.14. The summed E-state index contributed by atoms with van der Waals surface area (Å²) in [6.07, 6.45) is 7.77. The molecule has 4 aromatic rings. The number of carboxylic acids is 1. The molecule has 0 aliphatic carbocycles. The van der Waals surface area contributed by atoms with Crippen molar-refractivity contribution in [2.24, 2.45) is 4.99 Å². The molecule has 3 aromatic carbocycles. The van der Waals surface area contributed by atoms with Gasteiger partial charge in [-0.15, -0.1) is 0 Å². The van der Waals surface area contributed by atoms with Crippen molar-refractivity contribution in [3.05, 3.63) is 161 Å². The van der Waals surface area contributed by atoms with Gasteiger partial charge in [-0.1, -0.05) is 109 Å². The highest BCUT2D eigenvalue weighted by Gasteiger charge is 2.35. The van der Waals surface area contributed by atoms with Crippen LogP contribution in [0, 0.1) is 0 Å². The van der Waals surface area contributed by atoms with Gasteiger partial charge in [0.1, 0.15) is 17.1 Å². The number of allylic oxidation sites excluding steroid dienone is 4. The first kappa shape index (κ1) is 34.6. The Hall–Kier alpha value is -5.71. The fourth-order valence-corrected chi connectivity index (χ4v) is 5.97. The standard InChI is InChI=1S/C38H30ClN3O6S/c1-3-5-16-27(4-2)42-36(45)30(22-28-18-20-32(48-28)26-17-19-31(39)29(21-26)37(46)47)35(44)41-38(42)49-23-33(43)40-34(24-12-8-6-9-13-24)25-14-10-7-11-15-25/h3-22,34H,1,23H2,2H3,(H,40,43)(H,46,47)/b16-5-,27-4+,30-22-. The van der Waals surface area contributed by atoms with Gasteiger partial charge in [0.15, 0.2) is 5.17 Å². The number of carbonyl (C=O) groups excluding carboxylic acids is 3. The molecule has 1 aliphatic heterocycles. The summed E-state index contributed by atoms with van der Waals surface area (Å²) in [5.74, 6) is -2.66. The van der Waals surface area contributed by atoms with Gasteiger partial charge in [0.05, 0.1) is 22.4 Å². The lowest BCUT2D eigenvalue weighted by Crippen LogP contribution is -2.42. The van der Waals surface area contributed by atoms with E-state index >= 15 is 0 Å². The normalized spacial score (nSPS) is 14.4. The van der Waals surface area contributed by atoms with E-state index in [1.54, 1.807) is 49.4 Å². The molecule has 0 atom stereocenters. The third-order valence-electron chi connectivity index (χ3n) is 7.31. The third-order valence-corrected chi connectivity index (χ3v) is 8.58. The molecule has 0 bridgehead atoms. The second-order valence-corrected chi connectivity index (χ2v) is 11.9. The van der Waals surface area contributed by atoms with Crippen LogP contribution in [0.5, 0.6) is 0 Å². The maximum Gasteiger partial charge on any atom is 0.337 e. The van der Waals surface area contributed by atoms with Gasteiger partial charge in [-0.2, -0.15) is 4.99 Å². The lowest BCUT2D eigenvalue weighted by molar-refractivity contribution is -0.126. The van der Waals surface area contributed by atoms with Crippen molar-refractivity contribution < 1.29 is 28.7 Å². The molecule has 2 N–H and O–H groups in total. The summed E-state index contributed by atoms with van der Waals surface area (Å²) in [6.45, 7) is 5.42. The van der Waals surface area contributed by atoms with Crippen molar-refractivity contribution in [1.82, 2.24) is 10.2 Å². The van der Waals surface area contributed by atoms with Crippen LogP contribution in [0.4, 0.5) is 0 Å². The van der Waals surface area contributed by atoms with Crippen LogP contribution in [0.15, 0.2) is 143 Å². The molecule has 3 amide bonds. The van der Waals surface area contributed by atoms with Gasteiger partial charge < -0.3 is 14.8 Å². The minimum absolute atomic E-state index is 0.0302. The number of hydrogen-bond donors (Lipinski definition) is 2. The molecule has 1 aromatic heterocycles. The largest absolute Gasteiger partial charge is 0.478 e. The highest BCUT2D eigenvalue weighted by Crippen LogP contribution is 2.30. The minimum Gasteiger partial charge on any atom is -0.478 e. The molecule has 0 spiro atoms. The van der Waals surface area contributed by atoms with E-state index in [-0.39, 0.29) is 38.7 Å². The van der Waals surface area contributed by atoms with E-state index in [1.807, 2.05) is 60.7 Å². The molecular weight excluding hydrogens is 662 g/mol. The predicted molar refractivity (Wildman–Crippen MR) is 192 cm³/mol. The van der Waals surface area contributed by atoms with Crippen molar-refractivity contribution in [3.63, 3.8) is 0 Å². The highest BCUT2D eigenvalue weighted by atomic mass is 35.5. The Morgan fingerprint density at radius 3 is 2.31 bits per heavy atom. The Balaban J connectivity index is 1.41. The van der Waals surface area contributed by atoms with Crippen LogP contribution in [0.2, 0.25) is 5.02 Å². The van der Waals surface area contributed by atoms with Gasteiger partial charge >= 0.3 is 5.97 Å². The van der Waals surface area contributed by atoms with E-state index in [0.29, 0.717) is 17.0 Å². The van der Waals surface area contributed by atoms with E-state index in [1.165, 1.54) is 23.1 Å². The molecule has 1 aliphatic rings. The first-order valence-corrected chi connectivity index (χ1v) is 16.4. The number of rotatable bonds is 11. The Bertz CT molecular complexity index is 1990. The number of aromatic carboxylic acids is 1. The number of aliphatic imine (C=N–C) groups is 1. The van der Waals surface area contributed by atoms with Crippen molar-refractivity contribution in [2.45, 2.75) is 13.0 Å². The first-order chi connectivity index (χ1) is 23.7. The number of furan rings is 1. The number of thioether (sulfide) groups is 1. The molecule has 0 fully saturated rings. The van der Waals surface area contributed by atoms with Crippen LogP contribution < -0.4 is 5.32 Å². The van der Waals surface area contributed by atoms with Gasteiger partial charge in [-0.25, -0.2) is 4.79 Å². The lowest BCUT2D eigenvalue weighted by Gasteiger charge is -2.28. The number of nitrogens with zero attached hydrogens (tertiary/aromatic N) is 2. The van der Waals surface area contributed by atoms with Crippen molar-refractivity contribution in [2.75, 3.05) is 5.75 Å². The van der Waals surface area contributed by atoms with Crippen molar-refractivity contribution >= 4 is 58.3 Å². The fourth-order valence-electron chi connectivity index (χ4n) is 4.96. The smallest absolute Gasteiger partial charge is 0.337 e. The molecule has 0 radical (unpaired) electrons. The van der Waals surface area contributed by atoms with Crippen LogP contribution in [0.3, 0.4) is 0 Å². The number of carboxylic acid groups (broad SMARTS) is 1. The zero-order chi connectivity index (χ0) is 34.9. The second kappa shape index (κ2) is 15.9. The van der Waals surface area contributed by atoms with Crippen molar-refractivity contribution in [1.29, 1.82) is 0 Å². The predicted octanol–water partition coefficient (Wildman–Crippen LogP) is 7.69. The van der Waals surface area contributed by atoms with Gasteiger partial charge in [0.2, 0.25) is 5.91 Å². The Kier molecular flexibility index (Phi) is 11.3. The number of amides is 3. The number of benzene rings is 3. The summed E-state index contributed by atoms with van der Waals surface area (Å²) in [4.78, 5) is 57.7. The van der Waals surface area contributed by atoms with Gasteiger partial charge in [0.25, 0.3) is 11.8 Å². The van der Waals surface area contributed by atoms with Crippen LogP contribution in [0.1, 0.15) is 40.2 Å². The molecule has 9 nitrogen and oxygen atoms in total. The van der Waals surface area contributed by atoms with E-state index in [4.69, 9.17) is 16.0 Å². The number of amidine groups is 1. The molecule has 49 heavy (non-hydrogen) atoms. The Morgan fingerprint density at radius 2 is 1.69 bits per heavy atom. The van der Waals surface area contributed by atoms with Gasteiger partial charge in [-0.05, 0) is 60.5 Å². The molecule has 5 rings (SSSR count).